The Morgan fingerprint density at radius 3 is 1.32 bits per heavy atom. The molecule has 0 radical (unpaired) electrons. The second-order valence-corrected chi connectivity index (χ2v) is 11.3. The third kappa shape index (κ3) is 7.49. The number of non-ortho nitro benzene ring substituents is 1. The molecule has 37 heavy (non-hydrogen) atoms. The zero-order valence-electron chi connectivity index (χ0n) is 22.3. The summed E-state index contributed by atoms with van der Waals surface area (Å²) in [5, 5.41) is 17.1. The van der Waals surface area contributed by atoms with Crippen molar-refractivity contribution in [3.05, 3.63) is 110 Å². The Morgan fingerprint density at radius 2 is 1.03 bits per heavy atom. The lowest BCUT2D eigenvalue weighted by Gasteiger charge is -2.19. The fraction of sp³-hybridized carbons (Fsp3) is 0.333. The molecule has 0 spiro atoms. The van der Waals surface area contributed by atoms with Gasteiger partial charge < -0.3 is 10.6 Å². The number of carbonyl (C=O) groups excluding carboxylic acids is 2. The van der Waals surface area contributed by atoms with E-state index in [-0.39, 0.29) is 40.7 Å². The molecule has 0 atom stereocenters. The molecule has 0 aliphatic heterocycles. The highest BCUT2D eigenvalue weighted by molar-refractivity contribution is 6.00. The topological polar surface area (TPSA) is 101 Å². The van der Waals surface area contributed by atoms with Gasteiger partial charge in [-0.15, -0.1) is 0 Å². The molecule has 0 aliphatic carbocycles. The first-order valence-corrected chi connectivity index (χ1v) is 12.3. The molecule has 7 nitrogen and oxygen atoms in total. The van der Waals surface area contributed by atoms with Gasteiger partial charge in [0, 0.05) is 36.3 Å². The average molecular weight is 502 g/mol. The van der Waals surface area contributed by atoms with E-state index in [1.165, 1.54) is 29.3 Å². The second-order valence-electron chi connectivity index (χ2n) is 11.3. The van der Waals surface area contributed by atoms with Gasteiger partial charge in [-0.25, -0.2) is 0 Å². The molecule has 7 heteroatoms. The van der Waals surface area contributed by atoms with Gasteiger partial charge in [0.1, 0.15) is 0 Å². The molecule has 2 amide bonds. The van der Waals surface area contributed by atoms with Crippen LogP contribution in [-0.2, 0) is 23.9 Å². The van der Waals surface area contributed by atoms with E-state index in [0.717, 1.165) is 11.1 Å². The molecule has 0 unspecified atom stereocenters. The Balaban J connectivity index is 1.70. The third-order valence-electron chi connectivity index (χ3n) is 6.20. The smallest absolute Gasteiger partial charge is 0.271 e. The van der Waals surface area contributed by atoms with E-state index >= 15 is 0 Å². The van der Waals surface area contributed by atoms with E-state index in [0.29, 0.717) is 0 Å². The number of rotatable bonds is 7. The van der Waals surface area contributed by atoms with Crippen LogP contribution in [0.2, 0.25) is 0 Å². The summed E-state index contributed by atoms with van der Waals surface area (Å²) in [5.74, 6) is -0.981. The van der Waals surface area contributed by atoms with E-state index in [2.05, 4.69) is 52.2 Å². The Hall–Kier alpha value is -4.00. The number of carbonyl (C=O) groups is 2. The highest BCUT2D eigenvalue weighted by atomic mass is 16.6. The summed E-state index contributed by atoms with van der Waals surface area (Å²) in [6.07, 6.45) is 0. The van der Waals surface area contributed by atoms with Crippen LogP contribution in [0.4, 0.5) is 5.69 Å². The number of amides is 2. The highest BCUT2D eigenvalue weighted by Gasteiger charge is 2.19. The van der Waals surface area contributed by atoms with Gasteiger partial charge in [0.15, 0.2) is 0 Å². The van der Waals surface area contributed by atoms with Crippen LogP contribution in [0.1, 0.15) is 84.5 Å². The van der Waals surface area contributed by atoms with E-state index in [1.54, 1.807) is 0 Å². The molecule has 0 heterocycles. The Morgan fingerprint density at radius 1 is 0.676 bits per heavy atom. The van der Waals surface area contributed by atoms with Gasteiger partial charge in [0.25, 0.3) is 17.5 Å². The van der Waals surface area contributed by atoms with E-state index in [1.807, 2.05) is 48.5 Å². The van der Waals surface area contributed by atoms with Gasteiger partial charge >= 0.3 is 0 Å². The van der Waals surface area contributed by atoms with Gasteiger partial charge in [-0.3, -0.25) is 19.7 Å². The normalized spacial score (nSPS) is 11.6. The van der Waals surface area contributed by atoms with Gasteiger partial charge in [0.05, 0.1) is 4.92 Å². The molecule has 3 aromatic carbocycles. The van der Waals surface area contributed by atoms with Crippen LogP contribution >= 0.6 is 0 Å². The Kier molecular flexibility index (Phi) is 8.16. The lowest BCUT2D eigenvalue weighted by Crippen LogP contribution is -2.25. The molecule has 0 bridgehead atoms. The van der Waals surface area contributed by atoms with Crippen molar-refractivity contribution in [2.75, 3.05) is 0 Å². The Labute approximate surface area is 218 Å². The van der Waals surface area contributed by atoms with Crippen LogP contribution in [0.3, 0.4) is 0 Å². The predicted molar refractivity (Wildman–Crippen MR) is 146 cm³/mol. The quantitative estimate of drug-likeness (QED) is 0.304. The summed E-state index contributed by atoms with van der Waals surface area (Å²) in [7, 11) is 0. The fourth-order valence-corrected chi connectivity index (χ4v) is 3.79. The first-order chi connectivity index (χ1) is 17.2. The van der Waals surface area contributed by atoms with Crippen molar-refractivity contribution in [2.45, 2.75) is 65.5 Å². The Bertz CT molecular complexity index is 1190. The molecule has 0 aromatic heterocycles. The van der Waals surface area contributed by atoms with Gasteiger partial charge in [0.2, 0.25) is 0 Å². The number of nitro groups is 1. The lowest BCUT2D eigenvalue weighted by atomic mass is 9.87. The number of hydrogen-bond acceptors (Lipinski definition) is 4. The minimum absolute atomic E-state index is 0.0254. The second kappa shape index (κ2) is 10.9. The monoisotopic (exact) mass is 501 g/mol. The molecule has 194 valence electrons. The SMILES string of the molecule is CC(C)(C)c1ccc(CNC(=O)c2cc(C(=O)NCc3ccc(C(C)(C)C)cc3)cc([N+](=O)[O-])c2)cc1. The minimum atomic E-state index is -0.607. The minimum Gasteiger partial charge on any atom is -0.348 e. The standard InChI is InChI=1S/C30H35N3O4/c1-29(2,3)24-11-7-20(8-12-24)18-31-27(34)22-15-23(17-26(16-22)33(36)37)28(35)32-19-21-9-13-25(14-10-21)30(4,5)6/h7-17H,18-19H2,1-6H3,(H,31,34)(H,32,35). The molecule has 0 saturated carbocycles. The zero-order chi connectivity index (χ0) is 27.4. The molecule has 3 rings (SSSR count). The van der Waals surface area contributed by atoms with Crippen molar-refractivity contribution in [1.82, 2.24) is 10.6 Å². The maximum Gasteiger partial charge on any atom is 0.271 e. The summed E-state index contributed by atoms with van der Waals surface area (Å²) >= 11 is 0. The highest BCUT2D eigenvalue weighted by Crippen LogP contribution is 2.23. The van der Waals surface area contributed by atoms with Crippen LogP contribution in [0, 0.1) is 10.1 Å². The van der Waals surface area contributed by atoms with Crippen LogP contribution in [-0.4, -0.2) is 16.7 Å². The van der Waals surface area contributed by atoms with Crippen molar-refractivity contribution >= 4 is 17.5 Å². The maximum absolute atomic E-state index is 12.8. The lowest BCUT2D eigenvalue weighted by molar-refractivity contribution is -0.384. The number of nitrogens with zero attached hydrogens (tertiary/aromatic N) is 1. The van der Waals surface area contributed by atoms with E-state index in [9.17, 15) is 19.7 Å². The molecule has 0 saturated heterocycles. The molecule has 2 N–H and O–H groups in total. The van der Waals surface area contributed by atoms with E-state index in [4.69, 9.17) is 0 Å². The number of hydrogen-bond donors (Lipinski definition) is 2. The molecule has 3 aromatic rings. The molecule has 0 fully saturated rings. The first-order valence-electron chi connectivity index (χ1n) is 12.3. The number of nitro benzene ring substituents is 1. The predicted octanol–water partition coefficient (Wildman–Crippen LogP) is 6.05. The van der Waals surface area contributed by atoms with Crippen molar-refractivity contribution < 1.29 is 14.5 Å². The van der Waals surface area contributed by atoms with Gasteiger partial charge in [-0.05, 0) is 39.2 Å². The summed E-state index contributed by atoms with van der Waals surface area (Å²) in [4.78, 5) is 36.5. The summed E-state index contributed by atoms with van der Waals surface area (Å²) in [5.41, 5.74) is 4.02. The summed E-state index contributed by atoms with van der Waals surface area (Å²) < 4.78 is 0. The van der Waals surface area contributed by atoms with Crippen molar-refractivity contribution in [3.63, 3.8) is 0 Å². The van der Waals surface area contributed by atoms with Crippen LogP contribution in [0.15, 0.2) is 66.7 Å². The average Bonchev–Trinajstić information content (AvgIpc) is 2.85. The fourth-order valence-electron chi connectivity index (χ4n) is 3.79. The van der Waals surface area contributed by atoms with Gasteiger partial charge in [-0.1, -0.05) is 90.1 Å². The maximum atomic E-state index is 12.8. The van der Waals surface area contributed by atoms with Crippen molar-refractivity contribution in [1.29, 1.82) is 0 Å². The van der Waals surface area contributed by atoms with E-state index < -0.39 is 16.7 Å². The molecular formula is C30H35N3O4. The van der Waals surface area contributed by atoms with Crippen LogP contribution in [0.5, 0.6) is 0 Å². The zero-order valence-corrected chi connectivity index (χ0v) is 22.3. The molecule has 0 aliphatic rings. The third-order valence-corrected chi connectivity index (χ3v) is 6.20. The first kappa shape index (κ1) is 27.6. The van der Waals surface area contributed by atoms with Crippen molar-refractivity contribution in [2.24, 2.45) is 0 Å². The summed E-state index contributed by atoms with van der Waals surface area (Å²) in [6, 6.07) is 19.6. The largest absolute Gasteiger partial charge is 0.348 e. The summed E-state index contributed by atoms with van der Waals surface area (Å²) in [6.45, 7) is 13.3. The number of nitrogens with one attached hydrogen (secondary N) is 2. The molecular weight excluding hydrogens is 466 g/mol. The van der Waals surface area contributed by atoms with Gasteiger partial charge in [-0.2, -0.15) is 0 Å². The van der Waals surface area contributed by atoms with Crippen LogP contribution in [0.25, 0.3) is 0 Å². The van der Waals surface area contributed by atoms with Crippen LogP contribution < -0.4 is 10.6 Å². The van der Waals surface area contributed by atoms with Crippen molar-refractivity contribution in [3.8, 4) is 0 Å². The number of benzene rings is 3.